The van der Waals surface area contributed by atoms with Crippen LogP contribution in [0.5, 0.6) is 5.75 Å². The third kappa shape index (κ3) is 4.20. The number of amides is 2. The van der Waals surface area contributed by atoms with Crippen LogP contribution in [0, 0.1) is 0 Å². The minimum Gasteiger partial charge on any atom is -0.479 e. The van der Waals surface area contributed by atoms with E-state index in [0.717, 1.165) is 0 Å². The van der Waals surface area contributed by atoms with E-state index < -0.39 is 6.10 Å². The van der Waals surface area contributed by atoms with Crippen molar-refractivity contribution in [1.82, 2.24) is 4.90 Å². The number of rotatable bonds is 8. The predicted molar refractivity (Wildman–Crippen MR) is 100 cm³/mol. The van der Waals surface area contributed by atoms with Crippen molar-refractivity contribution in [3.8, 4) is 5.75 Å². The first-order chi connectivity index (χ1) is 12.4. The third-order valence-electron chi connectivity index (χ3n) is 4.24. The normalized spacial score (nSPS) is 15.7. The van der Waals surface area contributed by atoms with E-state index in [1.54, 1.807) is 49.2 Å². The van der Waals surface area contributed by atoms with E-state index in [1.165, 1.54) is 4.90 Å². The number of ether oxygens (including phenoxy) is 1. The molecule has 26 heavy (non-hydrogen) atoms. The van der Waals surface area contributed by atoms with Crippen molar-refractivity contribution < 1.29 is 19.1 Å². The van der Waals surface area contributed by atoms with Gasteiger partial charge in [-0.1, -0.05) is 12.2 Å². The lowest BCUT2D eigenvalue weighted by Crippen LogP contribution is -2.42. The fourth-order valence-electron chi connectivity index (χ4n) is 2.80. The van der Waals surface area contributed by atoms with Gasteiger partial charge >= 0.3 is 0 Å². The van der Waals surface area contributed by atoms with Gasteiger partial charge in [0.2, 0.25) is 5.91 Å². The molecule has 1 aliphatic heterocycles. The lowest BCUT2D eigenvalue weighted by molar-refractivity contribution is -0.130. The maximum atomic E-state index is 12.5. The summed E-state index contributed by atoms with van der Waals surface area (Å²) < 4.78 is 5.55. The number of carbonyl (C=O) groups is 3. The van der Waals surface area contributed by atoms with Crippen LogP contribution in [0.15, 0.2) is 43.5 Å². The van der Waals surface area contributed by atoms with Crippen LogP contribution < -0.4 is 9.64 Å². The zero-order chi connectivity index (χ0) is 19.3. The van der Waals surface area contributed by atoms with Crippen molar-refractivity contribution in [2.24, 2.45) is 0 Å². The number of fused-ring (bicyclic) bond motifs is 1. The molecule has 1 aromatic carbocycles. The Labute approximate surface area is 153 Å². The first-order valence-electron chi connectivity index (χ1n) is 8.50. The number of nitrogens with zero attached hydrogens (tertiary/aromatic N) is 2. The molecule has 0 bridgehead atoms. The Kier molecular flexibility index (Phi) is 6.33. The van der Waals surface area contributed by atoms with Gasteiger partial charge in [0.25, 0.3) is 5.91 Å². The maximum Gasteiger partial charge on any atom is 0.267 e. The smallest absolute Gasteiger partial charge is 0.267 e. The van der Waals surface area contributed by atoms with Crippen LogP contribution in [0.2, 0.25) is 0 Å². The molecule has 6 heteroatoms. The minimum absolute atomic E-state index is 0.0946. The molecular formula is C20H24N2O4. The summed E-state index contributed by atoms with van der Waals surface area (Å²) in [4.78, 5) is 39.8. The molecule has 0 saturated carbocycles. The summed E-state index contributed by atoms with van der Waals surface area (Å²) in [7, 11) is 1.65. The Morgan fingerprint density at radius 3 is 2.50 bits per heavy atom. The van der Waals surface area contributed by atoms with Gasteiger partial charge < -0.3 is 14.5 Å². The minimum atomic E-state index is -0.549. The number of Topliss-reactive ketones (excluding diaryl/α,β-unsaturated/α-hetero) is 1. The lowest BCUT2D eigenvalue weighted by Gasteiger charge is -2.30. The Morgan fingerprint density at radius 2 is 1.88 bits per heavy atom. The molecule has 0 fully saturated rings. The van der Waals surface area contributed by atoms with E-state index in [4.69, 9.17) is 4.74 Å². The largest absolute Gasteiger partial charge is 0.479 e. The van der Waals surface area contributed by atoms with Crippen molar-refractivity contribution >= 4 is 23.3 Å². The second-order valence-electron chi connectivity index (χ2n) is 6.14. The topological polar surface area (TPSA) is 66.9 Å². The monoisotopic (exact) mass is 356 g/mol. The van der Waals surface area contributed by atoms with Gasteiger partial charge in [-0.2, -0.15) is 0 Å². The van der Waals surface area contributed by atoms with E-state index in [1.807, 2.05) is 0 Å². The second kappa shape index (κ2) is 8.47. The zero-order valence-electron chi connectivity index (χ0n) is 15.2. The van der Waals surface area contributed by atoms with E-state index in [-0.39, 0.29) is 30.4 Å². The van der Waals surface area contributed by atoms with Crippen LogP contribution >= 0.6 is 0 Å². The highest BCUT2D eigenvalue weighted by Gasteiger charge is 2.29. The second-order valence-corrected chi connectivity index (χ2v) is 6.14. The van der Waals surface area contributed by atoms with Gasteiger partial charge in [0.1, 0.15) is 5.75 Å². The molecule has 0 saturated heterocycles. The van der Waals surface area contributed by atoms with Gasteiger partial charge in [-0.25, -0.2) is 0 Å². The highest BCUT2D eigenvalue weighted by Crippen LogP contribution is 2.34. The SMILES string of the molecule is C=CCN(CC=C)C(=O)CCC(=O)c1ccc2c(c1)N(C)C(=O)C(C)O2. The molecule has 0 radical (unpaired) electrons. The number of hydrogen-bond acceptors (Lipinski definition) is 4. The predicted octanol–water partition coefficient (Wildman–Crippen LogP) is 2.59. The van der Waals surface area contributed by atoms with Gasteiger partial charge in [-0.15, -0.1) is 13.2 Å². The quantitative estimate of drug-likeness (QED) is 0.530. The molecule has 1 unspecified atom stereocenters. The molecule has 0 spiro atoms. The van der Waals surface area contributed by atoms with E-state index in [2.05, 4.69) is 13.2 Å². The summed E-state index contributed by atoms with van der Waals surface area (Å²) in [5.74, 6) is 0.121. The number of ketones is 1. The number of carbonyl (C=O) groups excluding carboxylic acids is 3. The molecule has 1 heterocycles. The van der Waals surface area contributed by atoms with Gasteiger partial charge in [0, 0.05) is 38.5 Å². The van der Waals surface area contributed by atoms with Gasteiger partial charge in [0.05, 0.1) is 5.69 Å². The van der Waals surface area contributed by atoms with Crippen LogP contribution in [0.4, 0.5) is 5.69 Å². The Morgan fingerprint density at radius 1 is 1.23 bits per heavy atom. The highest BCUT2D eigenvalue weighted by atomic mass is 16.5. The number of anilines is 1. The summed E-state index contributed by atoms with van der Waals surface area (Å²) in [6.07, 6.45) is 2.94. The van der Waals surface area contributed by atoms with Gasteiger partial charge in [-0.3, -0.25) is 14.4 Å². The van der Waals surface area contributed by atoms with Gasteiger partial charge in [0.15, 0.2) is 11.9 Å². The Hall–Kier alpha value is -2.89. The summed E-state index contributed by atoms with van der Waals surface area (Å²) in [5, 5.41) is 0. The number of likely N-dealkylation sites (N-methyl/N-ethyl adjacent to an activating group) is 1. The zero-order valence-corrected chi connectivity index (χ0v) is 15.2. The standard InChI is InChI=1S/C20H24N2O4/c1-5-11-22(12-6-2)19(24)10-8-17(23)15-7-9-18-16(13-15)21(4)20(25)14(3)26-18/h5-7,9,13-14H,1-2,8,10-12H2,3-4H3. The van der Waals surface area contributed by atoms with E-state index in [0.29, 0.717) is 30.1 Å². The van der Waals surface area contributed by atoms with Crippen molar-refractivity contribution in [1.29, 1.82) is 0 Å². The summed E-state index contributed by atoms with van der Waals surface area (Å²) in [6, 6.07) is 4.98. The lowest BCUT2D eigenvalue weighted by atomic mass is 10.0. The van der Waals surface area contributed by atoms with Crippen LogP contribution in [0.25, 0.3) is 0 Å². The summed E-state index contributed by atoms with van der Waals surface area (Å²) in [5.41, 5.74) is 1.01. The Bertz CT molecular complexity index is 731. The van der Waals surface area contributed by atoms with E-state index >= 15 is 0 Å². The maximum absolute atomic E-state index is 12.5. The molecule has 6 nitrogen and oxygen atoms in total. The third-order valence-corrected chi connectivity index (χ3v) is 4.24. The molecule has 0 aliphatic carbocycles. The molecule has 2 amide bonds. The van der Waals surface area contributed by atoms with Crippen LogP contribution in [0.3, 0.4) is 0 Å². The van der Waals surface area contributed by atoms with Crippen molar-refractivity contribution in [2.75, 3.05) is 25.0 Å². The molecule has 1 atom stereocenters. The molecule has 0 N–H and O–H groups in total. The molecule has 2 rings (SSSR count). The molecule has 1 aromatic rings. The number of hydrogen-bond donors (Lipinski definition) is 0. The first kappa shape index (κ1) is 19.4. The van der Waals surface area contributed by atoms with Crippen LogP contribution in [-0.2, 0) is 9.59 Å². The highest BCUT2D eigenvalue weighted by molar-refractivity contribution is 6.03. The summed E-state index contributed by atoms with van der Waals surface area (Å²) in [6.45, 7) is 9.78. The fourth-order valence-corrected chi connectivity index (χ4v) is 2.80. The number of benzene rings is 1. The van der Waals surface area contributed by atoms with Crippen LogP contribution in [0.1, 0.15) is 30.1 Å². The first-order valence-corrected chi connectivity index (χ1v) is 8.50. The van der Waals surface area contributed by atoms with Crippen molar-refractivity contribution in [3.63, 3.8) is 0 Å². The Balaban J connectivity index is 2.06. The van der Waals surface area contributed by atoms with E-state index in [9.17, 15) is 14.4 Å². The van der Waals surface area contributed by atoms with Crippen molar-refractivity contribution in [2.45, 2.75) is 25.9 Å². The fraction of sp³-hybridized carbons (Fsp3) is 0.350. The summed E-state index contributed by atoms with van der Waals surface area (Å²) >= 11 is 0. The average molecular weight is 356 g/mol. The average Bonchev–Trinajstić information content (AvgIpc) is 2.63. The van der Waals surface area contributed by atoms with Crippen LogP contribution in [-0.4, -0.2) is 48.7 Å². The van der Waals surface area contributed by atoms with Gasteiger partial charge in [-0.05, 0) is 25.1 Å². The molecular weight excluding hydrogens is 332 g/mol. The molecule has 0 aromatic heterocycles. The molecule has 138 valence electrons. The van der Waals surface area contributed by atoms with Crippen molar-refractivity contribution in [3.05, 3.63) is 49.1 Å². The molecule has 1 aliphatic rings.